The van der Waals surface area contributed by atoms with Crippen LogP contribution in [0, 0.1) is 11.3 Å². The summed E-state index contributed by atoms with van der Waals surface area (Å²) in [5.74, 6) is 1.29. The minimum absolute atomic E-state index is 0.101. The second-order valence-corrected chi connectivity index (χ2v) is 4.54. The highest BCUT2D eigenvalue weighted by Gasteiger charge is 2.12. The van der Waals surface area contributed by atoms with Gasteiger partial charge in [0.15, 0.2) is 17.6 Å². The van der Waals surface area contributed by atoms with E-state index in [1.54, 1.807) is 0 Å². The van der Waals surface area contributed by atoms with Crippen molar-refractivity contribution in [1.82, 2.24) is 0 Å². The fourth-order valence-electron chi connectivity index (χ4n) is 1.77. The molecule has 0 aliphatic rings. The molecule has 0 fully saturated rings. The minimum Gasteiger partial charge on any atom is -0.490 e. The standard InChI is InChI=1S/C15H22N2O2/c1-4-13(10-16)19-14-7-6-12(8-11(3)17)9-15(14)18-5-2/h6-7,9,11,13H,4-5,8,17H2,1-3H3. The van der Waals surface area contributed by atoms with E-state index >= 15 is 0 Å². The molecule has 0 saturated carbocycles. The third-order valence-corrected chi connectivity index (χ3v) is 2.65. The summed E-state index contributed by atoms with van der Waals surface area (Å²) in [5, 5.41) is 8.95. The summed E-state index contributed by atoms with van der Waals surface area (Å²) in [4.78, 5) is 0. The summed E-state index contributed by atoms with van der Waals surface area (Å²) in [6.45, 7) is 6.36. The van der Waals surface area contributed by atoms with Crippen LogP contribution in [0.1, 0.15) is 32.8 Å². The average Bonchev–Trinajstić information content (AvgIpc) is 2.37. The maximum absolute atomic E-state index is 8.95. The number of nitrogens with two attached hydrogens (primary N) is 1. The molecule has 2 unspecified atom stereocenters. The highest BCUT2D eigenvalue weighted by molar-refractivity contribution is 5.43. The topological polar surface area (TPSA) is 68.3 Å². The number of benzene rings is 1. The van der Waals surface area contributed by atoms with Gasteiger partial charge in [-0.25, -0.2) is 0 Å². The van der Waals surface area contributed by atoms with Gasteiger partial charge >= 0.3 is 0 Å². The zero-order valence-corrected chi connectivity index (χ0v) is 11.8. The molecule has 0 aromatic heterocycles. The van der Waals surface area contributed by atoms with Crippen molar-refractivity contribution in [2.24, 2.45) is 5.73 Å². The maximum Gasteiger partial charge on any atom is 0.184 e. The largest absolute Gasteiger partial charge is 0.490 e. The van der Waals surface area contributed by atoms with Crippen molar-refractivity contribution in [3.05, 3.63) is 23.8 Å². The quantitative estimate of drug-likeness (QED) is 0.820. The Hall–Kier alpha value is -1.73. The minimum atomic E-state index is -0.446. The van der Waals surface area contributed by atoms with Gasteiger partial charge in [-0.3, -0.25) is 0 Å². The Morgan fingerprint density at radius 3 is 2.58 bits per heavy atom. The molecule has 2 N–H and O–H groups in total. The average molecular weight is 262 g/mol. The van der Waals surface area contributed by atoms with Crippen LogP contribution in [0.2, 0.25) is 0 Å². The molecule has 0 spiro atoms. The monoisotopic (exact) mass is 262 g/mol. The lowest BCUT2D eigenvalue weighted by Gasteiger charge is -2.16. The summed E-state index contributed by atoms with van der Waals surface area (Å²) >= 11 is 0. The Labute approximate surface area is 115 Å². The van der Waals surface area contributed by atoms with Crippen LogP contribution in [-0.4, -0.2) is 18.8 Å². The Morgan fingerprint density at radius 2 is 2.05 bits per heavy atom. The number of ether oxygens (including phenoxy) is 2. The molecule has 0 aliphatic heterocycles. The maximum atomic E-state index is 8.95. The van der Waals surface area contributed by atoms with Crippen molar-refractivity contribution in [3.8, 4) is 17.6 Å². The van der Waals surface area contributed by atoms with Gasteiger partial charge in [0.05, 0.1) is 6.61 Å². The Bertz CT molecular complexity index is 438. The molecule has 1 aromatic carbocycles. The Morgan fingerprint density at radius 1 is 1.32 bits per heavy atom. The lowest BCUT2D eigenvalue weighted by molar-refractivity contribution is 0.231. The molecule has 1 aromatic rings. The number of nitrogens with zero attached hydrogens (tertiary/aromatic N) is 1. The molecule has 1 rings (SSSR count). The lowest BCUT2D eigenvalue weighted by Crippen LogP contribution is -2.18. The fraction of sp³-hybridized carbons (Fsp3) is 0.533. The molecule has 4 nitrogen and oxygen atoms in total. The van der Waals surface area contributed by atoms with Crippen LogP contribution < -0.4 is 15.2 Å². The second kappa shape index (κ2) is 7.65. The van der Waals surface area contributed by atoms with Gasteiger partial charge in [0.25, 0.3) is 0 Å². The van der Waals surface area contributed by atoms with E-state index in [-0.39, 0.29) is 6.04 Å². The van der Waals surface area contributed by atoms with Crippen LogP contribution in [0.3, 0.4) is 0 Å². The van der Waals surface area contributed by atoms with Crippen LogP contribution >= 0.6 is 0 Å². The van der Waals surface area contributed by atoms with E-state index in [1.165, 1.54) is 0 Å². The van der Waals surface area contributed by atoms with Gasteiger partial charge in [0, 0.05) is 6.04 Å². The molecule has 0 aliphatic carbocycles. The summed E-state index contributed by atoms with van der Waals surface area (Å²) in [6, 6.07) is 7.97. The third-order valence-electron chi connectivity index (χ3n) is 2.65. The molecular formula is C15H22N2O2. The Kier molecular flexibility index (Phi) is 6.17. The van der Waals surface area contributed by atoms with Crippen LogP contribution in [0.25, 0.3) is 0 Å². The van der Waals surface area contributed by atoms with Crippen molar-refractivity contribution >= 4 is 0 Å². The summed E-state index contributed by atoms with van der Waals surface area (Å²) in [5.41, 5.74) is 6.90. The van der Waals surface area contributed by atoms with Gasteiger partial charge in [-0.15, -0.1) is 0 Å². The van der Waals surface area contributed by atoms with Crippen LogP contribution in [0.5, 0.6) is 11.5 Å². The zero-order chi connectivity index (χ0) is 14.3. The van der Waals surface area contributed by atoms with E-state index in [9.17, 15) is 0 Å². The smallest absolute Gasteiger partial charge is 0.184 e. The molecule has 19 heavy (non-hydrogen) atoms. The van der Waals surface area contributed by atoms with Crippen molar-refractivity contribution in [1.29, 1.82) is 5.26 Å². The summed E-state index contributed by atoms with van der Waals surface area (Å²) < 4.78 is 11.2. The van der Waals surface area contributed by atoms with E-state index in [4.69, 9.17) is 20.5 Å². The molecule has 104 valence electrons. The van der Waals surface area contributed by atoms with Gasteiger partial charge < -0.3 is 15.2 Å². The predicted octanol–water partition coefficient (Wildman–Crippen LogP) is 2.66. The summed E-state index contributed by atoms with van der Waals surface area (Å²) in [6.07, 6.45) is 0.984. The van der Waals surface area contributed by atoms with E-state index in [0.29, 0.717) is 24.5 Å². The lowest BCUT2D eigenvalue weighted by atomic mass is 10.1. The molecule has 0 heterocycles. The van der Waals surface area contributed by atoms with Gasteiger partial charge in [-0.2, -0.15) is 5.26 Å². The molecule has 2 atom stereocenters. The van der Waals surface area contributed by atoms with E-state index in [2.05, 4.69) is 6.07 Å². The molecule has 4 heteroatoms. The molecule has 0 saturated heterocycles. The molecule has 0 amide bonds. The van der Waals surface area contributed by atoms with Crippen molar-refractivity contribution in [2.45, 2.75) is 45.8 Å². The first-order valence-electron chi connectivity index (χ1n) is 6.68. The SMILES string of the molecule is CCOc1cc(CC(C)N)ccc1OC(C#N)CC. The van der Waals surface area contributed by atoms with E-state index in [0.717, 1.165) is 12.0 Å². The van der Waals surface area contributed by atoms with Crippen molar-refractivity contribution < 1.29 is 9.47 Å². The highest BCUT2D eigenvalue weighted by Crippen LogP contribution is 2.30. The number of rotatable bonds is 7. The molecule has 0 bridgehead atoms. The van der Waals surface area contributed by atoms with Crippen LogP contribution in [-0.2, 0) is 6.42 Å². The number of hydrogen-bond donors (Lipinski definition) is 1. The van der Waals surface area contributed by atoms with Crippen LogP contribution in [0.15, 0.2) is 18.2 Å². The van der Waals surface area contributed by atoms with Gasteiger partial charge in [-0.05, 0) is 44.4 Å². The third kappa shape index (κ3) is 4.80. The van der Waals surface area contributed by atoms with Crippen molar-refractivity contribution in [2.75, 3.05) is 6.61 Å². The van der Waals surface area contributed by atoms with Crippen molar-refractivity contribution in [3.63, 3.8) is 0 Å². The normalized spacial score (nSPS) is 13.4. The predicted molar refractivity (Wildman–Crippen MR) is 75.3 cm³/mol. The van der Waals surface area contributed by atoms with E-state index in [1.807, 2.05) is 39.0 Å². The number of hydrogen-bond acceptors (Lipinski definition) is 4. The van der Waals surface area contributed by atoms with Gasteiger partial charge in [-0.1, -0.05) is 13.0 Å². The number of nitriles is 1. The van der Waals surface area contributed by atoms with Gasteiger partial charge in [0.1, 0.15) is 6.07 Å². The second-order valence-electron chi connectivity index (χ2n) is 4.54. The van der Waals surface area contributed by atoms with Gasteiger partial charge in [0.2, 0.25) is 0 Å². The first-order chi connectivity index (χ1) is 9.10. The summed E-state index contributed by atoms with van der Waals surface area (Å²) in [7, 11) is 0. The Balaban J connectivity index is 2.94. The highest BCUT2D eigenvalue weighted by atomic mass is 16.5. The van der Waals surface area contributed by atoms with Crippen LogP contribution in [0.4, 0.5) is 0 Å². The zero-order valence-electron chi connectivity index (χ0n) is 11.8. The first-order valence-corrected chi connectivity index (χ1v) is 6.68. The van der Waals surface area contributed by atoms with E-state index < -0.39 is 6.10 Å². The molecule has 0 radical (unpaired) electrons. The fourth-order valence-corrected chi connectivity index (χ4v) is 1.77. The molecular weight excluding hydrogens is 240 g/mol. The first kappa shape index (κ1) is 15.3.